The van der Waals surface area contributed by atoms with Gasteiger partial charge in [0.05, 0.1) is 55.4 Å². The van der Waals surface area contributed by atoms with Gasteiger partial charge in [-0.15, -0.1) is 13.2 Å². The normalized spacial score (nSPS) is 11.0. The first kappa shape index (κ1) is 25.2. The lowest BCUT2D eigenvalue weighted by Gasteiger charge is -2.23. The van der Waals surface area contributed by atoms with E-state index in [4.69, 9.17) is 0 Å². The second kappa shape index (κ2) is 14.2. The average Bonchev–Trinajstić information content (AvgIpc) is 2.29. The van der Waals surface area contributed by atoms with Gasteiger partial charge in [0.25, 0.3) is 0 Å². The van der Waals surface area contributed by atoms with E-state index in [9.17, 15) is 0 Å². The molecule has 4 N–H and O–H groups in total. The molecule has 0 aromatic rings. The van der Waals surface area contributed by atoms with E-state index in [1.165, 1.54) is 0 Å². The minimum atomic E-state index is 0. The van der Waals surface area contributed by atoms with Crippen molar-refractivity contribution in [2.75, 3.05) is 81.6 Å². The predicted molar refractivity (Wildman–Crippen MR) is 95.5 cm³/mol. The third-order valence-corrected chi connectivity index (χ3v) is 2.50. The van der Waals surface area contributed by atoms with Gasteiger partial charge in [0.1, 0.15) is 0 Å². The number of hydrogen-bond acceptors (Lipinski definition) is 2. The first-order chi connectivity index (χ1) is 9.12. The van der Waals surface area contributed by atoms with Crippen molar-refractivity contribution >= 4 is 0 Å². The van der Waals surface area contributed by atoms with Crippen molar-refractivity contribution < 1.29 is 14.4 Å². The average molecular weight is 305 g/mol. The molecule has 0 saturated heterocycles. The lowest BCUT2D eigenvalue weighted by Crippen LogP contribution is -2.40. The van der Waals surface area contributed by atoms with Gasteiger partial charge in [-0.05, 0) is 0 Å². The van der Waals surface area contributed by atoms with E-state index >= 15 is 0 Å². The maximum absolute atomic E-state index is 3.63. The highest BCUT2D eigenvalue weighted by Gasteiger charge is 2.04. The molecular formula is C16H40N4O+2. The lowest BCUT2D eigenvalue weighted by molar-refractivity contribution is -0.869. The molecule has 0 unspecified atom stereocenters. The van der Waals surface area contributed by atoms with Crippen LogP contribution in [-0.4, -0.2) is 96.0 Å². The van der Waals surface area contributed by atoms with E-state index in [2.05, 4.69) is 66.1 Å². The largest absolute Gasteiger partial charge is 0.412 e. The standard InChI is InChI=1S/2C8H19N2.H2O/c2*1-5-6-9-7-8-10(2,3)4;/h2*5,9H,1,6-8H2,2-4H3;1H2/q2*+1;. The minimum absolute atomic E-state index is 0. The van der Waals surface area contributed by atoms with Crippen LogP contribution >= 0.6 is 0 Å². The molecule has 0 amide bonds. The zero-order chi connectivity index (χ0) is 16.1. The molecule has 0 spiro atoms. The number of likely N-dealkylation sites (N-methyl/N-ethyl adjacent to an activating group) is 2. The number of nitrogens with zero attached hydrogens (tertiary/aromatic N) is 2. The van der Waals surface area contributed by atoms with E-state index in [-0.39, 0.29) is 5.48 Å². The van der Waals surface area contributed by atoms with Gasteiger partial charge in [-0.2, -0.15) is 0 Å². The van der Waals surface area contributed by atoms with Gasteiger partial charge in [-0.3, -0.25) is 0 Å². The summed E-state index contributed by atoms with van der Waals surface area (Å²) in [7, 11) is 13.1. The number of nitrogens with one attached hydrogen (secondary N) is 2. The first-order valence-corrected chi connectivity index (χ1v) is 7.36. The molecule has 5 heteroatoms. The number of quaternary nitrogens is 2. The molecule has 21 heavy (non-hydrogen) atoms. The molecular weight excluding hydrogens is 264 g/mol. The summed E-state index contributed by atoms with van der Waals surface area (Å²) in [5, 5.41) is 6.52. The van der Waals surface area contributed by atoms with E-state index in [1.54, 1.807) is 0 Å². The smallest absolute Gasteiger partial charge is 0.0907 e. The van der Waals surface area contributed by atoms with Gasteiger partial charge in [0.2, 0.25) is 0 Å². The Hall–Kier alpha value is -0.720. The van der Waals surface area contributed by atoms with Crippen molar-refractivity contribution in [2.45, 2.75) is 0 Å². The second-order valence-corrected chi connectivity index (χ2v) is 7.01. The summed E-state index contributed by atoms with van der Waals surface area (Å²) in [6.07, 6.45) is 3.77. The molecule has 0 heterocycles. The Balaban J connectivity index is -0.000000295. The zero-order valence-corrected chi connectivity index (χ0v) is 15.2. The Kier molecular flexibility index (Phi) is 17.1. The summed E-state index contributed by atoms with van der Waals surface area (Å²) in [5.74, 6) is 0. The Morgan fingerprint density at radius 2 is 1.00 bits per heavy atom. The molecule has 0 rings (SSSR count). The molecule has 0 bridgehead atoms. The first-order valence-electron chi connectivity index (χ1n) is 7.36. The van der Waals surface area contributed by atoms with Gasteiger partial charge in [0.15, 0.2) is 0 Å². The van der Waals surface area contributed by atoms with E-state index < -0.39 is 0 Å². The Morgan fingerprint density at radius 3 is 1.19 bits per heavy atom. The topological polar surface area (TPSA) is 55.6 Å². The maximum Gasteiger partial charge on any atom is 0.0907 e. The molecule has 5 nitrogen and oxygen atoms in total. The molecule has 0 aliphatic heterocycles. The summed E-state index contributed by atoms with van der Waals surface area (Å²) >= 11 is 0. The summed E-state index contributed by atoms with van der Waals surface area (Å²) in [6.45, 7) is 13.5. The van der Waals surface area contributed by atoms with Crippen LogP contribution in [-0.2, 0) is 0 Å². The third-order valence-electron chi connectivity index (χ3n) is 2.50. The van der Waals surface area contributed by atoms with E-state index in [0.717, 1.165) is 48.2 Å². The Bertz CT molecular complexity index is 216. The van der Waals surface area contributed by atoms with Crippen LogP contribution in [0.15, 0.2) is 25.3 Å². The summed E-state index contributed by atoms with van der Waals surface area (Å²) < 4.78 is 2.04. The molecule has 0 aliphatic rings. The van der Waals surface area contributed by atoms with Crippen LogP contribution in [0.25, 0.3) is 0 Å². The predicted octanol–water partition coefficient (Wildman–Crippen LogP) is 0.112. The Labute approximate surface area is 132 Å². The van der Waals surface area contributed by atoms with Crippen LogP contribution in [0.1, 0.15) is 0 Å². The van der Waals surface area contributed by atoms with E-state index in [0.29, 0.717) is 0 Å². The monoisotopic (exact) mass is 304 g/mol. The highest BCUT2D eigenvalue weighted by Crippen LogP contribution is 1.86. The van der Waals surface area contributed by atoms with Gasteiger partial charge in [-0.25, -0.2) is 0 Å². The van der Waals surface area contributed by atoms with Crippen LogP contribution in [0, 0.1) is 0 Å². The maximum atomic E-state index is 3.63. The summed E-state index contributed by atoms with van der Waals surface area (Å²) in [6, 6.07) is 0. The fourth-order valence-corrected chi connectivity index (χ4v) is 1.24. The van der Waals surface area contributed by atoms with Crippen LogP contribution < -0.4 is 10.6 Å². The molecule has 128 valence electrons. The number of rotatable bonds is 10. The van der Waals surface area contributed by atoms with Crippen LogP contribution in [0.2, 0.25) is 0 Å². The van der Waals surface area contributed by atoms with Crippen LogP contribution in [0.4, 0.5) is 0 Å². The van der Waals surface area contributed by atoms with Crippen molar-refractivity contribution in [3.05, 3.63) is 25.3 Å². The van der Waals surface area contributed by atoms with Crippen molar-refractivity contribution in [1.29, 1.82) is 0 Å². The van der Waals surface area contributed by atoms with Crippen LogP contribution in [0.3, 0.4) is 0 Å². The van der Waals surface area contributed by atoms with Crippen molar-refractivity contribution in [2.24, 2.45) is 0 Å². The zero-order valence-electron chi connectivity index (χ0n) is 15.2. The third kappa shape index (κ3) is 32.6. The molecule has 0 radical (unpaired) electrons. The summed E-state index contributed by atoms with van der Waals surface area (Å²) in [5.41, 5.74) is 0. The Morgan fingerprint density at radius 1 is 0.714 bits per heavy atom. The SMILES string of the molecule is C=CCNCC[N+](C)(C)C.C=CCNCC[N+](C)(C)C.O. The summed E-state index contributed by atoms with van der Waals surface area (Å²) in [4.78, 5) is 0. The van der Waals surface area contributed by atoms with E-state index in [1.807, 2.05) is 12.2 Å². The molecule has 0 aromatic carbocycles. The molecule has 0 aliphatic carbocycles. The van der Waals surface area contributed by atoms with Crippen molar-refractivity contribution in [3.8, 4) is 0 Å². The molecule has 0 fully saturated rings. The highest BCUT2D eigenvalue weighted by atomic mass is 16.0. The molecule has 0 aromatic heterocycles. The minimum Gasteiger partial charge on any atom is -0.412 e. The van der Waals surface area contributed by atoms with Gasteiger partial charge in [-0.1, -0.05) is 12.2 Å². The molecule has 0 atom stereocenters. The fraction of sp³-hybridized carbons (Fsp3) is 0.750. The fourth-order valence-electron chi connectivity index (χ4n) is 1.24. The number of hydrogen-bond donors (Lipinski definition) is 2. The van der Waals surface area contributed by atoms with Gasteiger partial charge < -0.3 is 25.1 Å². The quantitative estimate of drug-likeness (QED) is 0.342. The highest BCUT2D eigenvalue weighted by molar-refractivity contribution is 4.69. The van der Waals surface area contributed by atoms with Gasteiger partial charge in [0, 0.05) is 26.2 Å². The van der Waals surface area contributed by atoms with Crippen molar-refractivity contribution in [3.63, 3.8) is 0 Å². The second-order valence-electron chi connectivity index (χ2n) is 7.01. The lowest BCUT2D eigenvalue weighted by atomic mass is 10.5. The van der Waals surface area contributed by atoms with Crippen molar-refractivity contribution in [1.82, 2.24) is 10.6 Å². The van der Waals surface area contributed by atoms with Gasteiger partial charge >= 0.3 is 0 Å². The van der Waals surface area contributed by atoms with Crippen LogP contribution in [0.5, 0.6) is 0 Å². The molecule has 0 saturated carbocycles.